The molecule has 0 aliphatic rings. The topological polar surface area (TPSA) is 12.9 Å². The second-order valence-electron chi connectivity index (χ2n) is 15.4. The molecule has 1 aromatic heterocycles. The molecule has 0 unspecified atom stereocenters. The molecule has 0 fully saturated rings. The van der Waals surface area contributed by atoms with Crippen molar-refractivity contribution >= 4 is 10.9 Å². The highest BCUT2D eigenvalue weighted by atomic mass is 14.6. The summed E-state index contributed by atoms with van der Waals surface area (Å²) in [7, 11) is 0. The summed E-state index contributed by atoms with van der Waals surface area (Å²) in [5.74, 6) is 0. The zero-order valence-corrected chi connectivity index (χ0v) is 31.0. The monoisotopic (exact) mass is 556 g/mol. The summed E-state index contributed by atoms with van der Waals surface area (Å²) in [5, 5.41) is 1.20. The van der Waals surface area contributed by atoms with Crippen LogP contribution in [-0.2, 0) is 0 Å². The minimum absolute atomic E-state index is 0.500. The van der Waals surface area contributed by atoms with Gasteiger partial charge in [-0.1, -0.05) is 199 Å². The van der Waals surface area contributed by atoms with Crippen molar-refractivity contribution < 1.29 is 0 Å². The smallest absolute Gasteiger partial charge is 0.0701 e. The number of hydrogen-bond acceptors (Lipinski definition) is 1. The van der Waals surface area contributed by atoms with Crippen molar-refractivity contribution in [3.05, 3.63) is 79.0 Å². The first-order valence-corrected chi connectivity index (χ1v) is 15.3. The maximum atomic E-state index is 4.18. The van der Waals surface area contributed by atoms with E-state index in [1.54, 1.807) is 0 Å². The third-order valence-electron chi connectivity index (χ3n) is 2.18. The molecule has 0 aliphatic carbocycles. The Labute approximate surface area is 254 Å². The fraction of sp³-hybridized carbons (Fsp3) is 0.615. The molecule has 40 heavy (non-hydrogen) atoms. The van der Waals surface area contributed by atoms with Gasteiger partial charge in [0.15, 0.2) is 0 Å². The highest BCUT2D eigenvalue weighted by Gasteiger charge is 1.97. The second kappa shape index (κ2) is 27.0. The first kappa shape index (κ1) is 47.6. The lowest BCUT2D eigenvalue weighted by Gasteiger charge is -2.05. The van der Waals surface area contributed by atoms with Gasteiger partial charge < -0.3 is 0 Å². The minimum atomic E-state index is 0.500. The van der Waals surface area contributed by atoms with Gasteiger partial charge in [-0.2, -0.15) is 0 Å². The third kappa shape index (κ3) is 91.2. The van der Waals surface area contributed by atoms with E-state index in [1.807, 2.05) is 94.6 Å². The average Bonchev–Trinajstić information content (AvgIpc) is 2.79. The van der Waals surface area contributed by atoms with E-state index >= 15 is 0 Å². The van der Waals surface area contributed by atoms with Crippen LogP contribution in [0.1, 0.15) is 138 Å². The molecule has 0 radical (unpaired) electrons. The molecule has 0 saturated carbocycles. The van der Waals surface area contributed by atoms with Crippen LogP contribution in [0, 0.1) is 21.7 Å². The van der Waals surface area contributed by atoms with Crippen LogP contribution in [0.2, 0.25) is 0 Å². The summed E-state index contributed by atoms with van der Waals surface area (Å²) in [6.45, 7) is 43.0. The molecular weight excluding hydrogens is 482 g/mol. The number of rotatable bonds is 0. The molecule has 1 heterocycles. The average molecular weight is 556 g/mol. The summed E-state index contributed by atoms with van der Waals surface area (Å²) < 4.78 is 0. The van der Waals surface area contributed by atoms with Crippen LogP contribution in [0.4, 0.5) is 0 Å². The lowest BCUT2D eigenvalue weighted by molar-refractivity contribution is 0.469. The van der Waals surface area contributed by atoms with Crippen molar-refractivity contribution in [3.8, 4) is 0 Å². The molecule has 1 heteroatoms. The number of nitrogens with zero attached hydrogens (tertiary/aromatic N) is 1. The second-order valence-corrected chi connectivity index (χ2v) is 15.4. The van der Waals surface area contributed by atoms with Crippen molar-refractivity contribution in [1.29, 1.82) is 0 Å². The summed E-state index contributed by atoms with van der Waals surface area (Å²) >= 11 is 0. The number of hydrogen-bond donors (Lipinski definition) is 0. The van der Waals surface area contributed by atoms with Crippen LogP contribution in [0.15, 0.2) is 79.0 Å². The molecule has 3 aromatic rings. The molecule has 0 atom stereocenters. The SMILES string of the molecule is CC.CC.CC(C)(C)C.CC(C)(C)C.CC(C)(C)C.CC(C)(C)C.c1ccc2ncccc2c1.c1ccccc1. The molecular formula is C39H73N. The Morgan fingerprint density at radius 2 is 0.575 bits per heavy atom. The lowest BCUT2D eigenvalue weighted by Crippen LogP contribution is -1.93. The van der Waals surface area contributed by atoms with E-state index < -0.39 is 0 Å². The van der Waals surface area contributed by atoms with Crippen LogP contribution >= 0.6 is 0 Å². The van der Waals surface area contributed by atoms with Crippen LogP contribution < -0.4 is 0 Å². The number of para-hydroxylation sites is 1. The number of aromatic nitrogens is 1. The number of fused-ring (bicyclic) bond motifs is 1. The van der Waals surface area contributed by atoms with Crippen molar-refractivity contribution in [1.82, 2.24) is 4.98 Å². The Bertz CT molecular complexity index is 687. The highest BCUT2D eigenvalue weighted by molar-refractivity contribution is 5.77. The largest absolute Gasteiger partial charge is 0.256 e. The predicted octanol–water partition coefficient (Wildman–Crippen LogP) is 14.2. The van der Waals surface area contributed by atoms with E-state index in [4.69, 9.17) is 0 Å². The van der Waals surface area contributed by atoms with Gasteiger partial charge in [-0.15, -0.1) is 0 Å². The molecule has 0 amide bonds. The number of pyridine rings is 1. The Kier molecular flexibility index (Phi) is 32.2. The Morgan fingerprint density at radius 3 is 0.825 bits per heavy atom. The minimum Gasteiger partial charge on any atom is -0.256 e. The van der Waals surface area contributed by atoms with E-state index in [9.17, 15) is 0 Å². The molecule has 1 nitrogen and oxygen atoms in total. The summed E-state index contributed by atoms with van der Waals surface area (Å²) in [6, 6.07) is 24.1. The summed E-state index contributed by atoms with van der Waals surface area (Å²) in [5.41, 5.74) is 3.06. The van der Waals surface area contributed by atoms with Crippen molar-refractivity contribution in [2.45, 2.75) is 138 Å². The third-order valence-corrected chi connectivity index (χ3v) is 2.18. The first-order chi connectivity index (χ1) is 18.0. The maximum Gasteiger partial charge on any atom is 0.0701 e. The quantitative estimate of drug-likeness (QED) is 0.269. The van der Waals surface area contributed by atoms with Gasteiger partial charge in [-0.25, -0.2) is 0 Å². The zero-order valence-electron chi connectivity index (χ0n) is 31.0. The highest BCUT2D eigenvalue weighted by Crippen LogP contribution is 2.10. The number of benzene rings is 2. The van der Waals surface area contributed by atoms with Crippen LogP contribution in [0.25, 0.3) is 10.9 Å². The van der Waals surface area contributed by atoms with Gasteiger partial charge in [-0.05, 0) is 33.8 Å². The Balaban J connectivity index is -0.000000123. The van der Waals surface area contributed by atoms with E-state index in [1.165, 1.54) is 5.39 Å². The van der Waals surface area contributed by atoms with E-state index in [2.05, 4.69) is 128 Å². The summed E-state index contributed by atoms with van der Waals surface area (Å²) in [6.07, 6.45) is 1.81. The standard InChI is InChI=1S/C9H7N.C6H6.4C5H12.2C2H6/c1-2-6-9-8(4-1)5-3-7-10-9;1-2-4-6-5-3-1;4*1-5(2,3)4;2*1-2/h1-7H;1-6H;4*1-4H3;2*1-2H3. The summed E-state index contributed by atoms with van der Waals surface area (Å²) in [4.78, 5) is 4.18. The molecule has 0 N–H and O–H groups in total. The fourth-order valence-electron chi connectivity index (χ4n) is 1.40. The van der Waals surface area contributed by atoms with Gasteiger partial charge in [0.2, 0.25) is 0 Å². The maximum absolute atomic E-state index is 4.18. The van der Waals surface area contributed by atoms with Gasteiger partial charge in [0.25, 0.3) is 0 Å². The van der Waals surface area contributed by atoms with E-state index in [-0.39, 0.29) is 0 Å². The predicted molar refractivity (Wildman–Crippen MR) is 191 cm³/mol. The Hall–Kier alpha value is -2.15. The van der Waals surface area contributed by atoms with Crippen LogP contribution in [0.3, 0.4) is 0 Å². The van der Waals surface area contributed by atoms with E-state index in [0.29, 0.717) is 21.7 Å². The van der Waals surface area contributed by atoms with Crippen LogP contribution in [0.5, 0.6) is 0 Å². The van der Waals surface area contributed by atoms with Crippen molar-refractivity contribution in [3.63, 3.8) is 0 Å². The zero-order chi connectivity index (χ0) is 33.1. The molecule has 0 bridgehead atoms. The van der Waals surface area contributed by atoms with Gasteiger partial charge in [0.1, 0.15) is 0 Å². The lowest BCUT2D eigenvalue weighted by atomic mass is 10.0. The first-order valence-electron chi connectivity index (χ1n) is 15.3. The molecule has 0 aliphatic heterocycles. The normalized spacial score (nSPS) is 10.0. The molecule has 234 valence electrons. The van der Waals surface area contributed by atoms with Gasteiger partial charge in [-0.3, -0.25) is 4.98 Å². The van der Waals surface area contributed by atoms with Crippen molar-refractivity contribution in [2.24, 2.45) is 21.7 Å². The Morgan fingerprint density at radius 1 is 0.350 bits per heavy atom. The molecule has 0 spiro atoms. The molecule has 3 rings (SSSR count). The fourth-order valence-corrected chi connectivity index (χ4v) is 1.40. The molecule has 2 aromatic carbocycles. The molecule has 0 saturated heterocycles. The van der Waals surface area contributed by atoms with Gasteiger partial charge >= 0.3 is 0 Å². The van der Waals surface area contributed by atoms with Gasteiger partial charge in [0, 0.05) is 11.6 Å². The van der Waals surface area contributed by atoms with E-state index in [0.717, 1.165) is 5.52 Å². The van der Waals surface area contributed by atoms with Gasteiger partial charge in [0.05, 0.1) is 5.52 Å². The van der Waals surface area contributed by atoms with Crippen molar-refractivity contribution in [2.75, 3.05) is 0 Å². The van der Waals surface area contributed by atoms with Crippen LogP contribution in [-0.4, -0.2) is 4.98 Å².